The Morgan fingerprint density at radius 1 is 1.11 bits per heavy atom. The normalized spacial score (nSPS) is 16.4. The van der Waals surface area contributed by atoms with Crippen LogP contribution in [0.4, 0.5) is 5.82 Å². The molecule has 1 N–H and O–H groups in total. The minimum Gasteiger partial charge on any atom is -0.366 e. The molecule has 3 aromatic rings. The molecule has 142 valence electrons. The van der Waals surface area contributed by atoms with Crippen molar-refractivity contribution in [2.24, 2.45) is 12.5 Å². The number of aromatic nitrogens is 3. The smallest absolute Gasteiger partial charge is 0.128 e. The van der Waals surface area contributed by atoms with Crippen LogP contribution in [0.1, 0.15) is 37.5 Å². The summed E-state index contributed by atoms with van der Waals surface area (Å²) in [4.78, 5) is 11.3. The fourth-order valence-electron chi connectivity index (χ4n) is 4.13. The number of nitrogens with one attached hydrogen (secondary N) is 1. The highest BCUT2D eigenvalue weighted by Gasteiger charge is 2.33. The lowest BCUT2D eigenvalue weighted by Crippen LogP contribution is -2.52. The SMILES string of the molecule is CCc1cc(CN2CC(C)(C)C2)ccc1CNc1cc2c(cn1)ncn2C. The van der Waals surface area contributed by atoms with Crippen LogP contribution in [0.25, 0.3) is 11.0 Å². The number of fused-ring (bicyclic) bond motifs is 1. The second-order valence-corrected chi connectivity index (χ2v) is 8.53. The molecule has 5 heteroatoms. The van der Waals surface area contributed by atoms with Crippen LogP contribution in [0.15, 0.2) is 36.8 Å². The number of anilines is 1. The van der Waals surface area contributed by atoms with E-state index in [1.165, 1.54) is 29.8 Å². The van der Waals surface area contributed by atoms with E-state index in [0.717, 1.165) is 36.4 Å². The van der Waals surface area contributed by atoms with E-state index in [-0.39, 0.29) is 0 Å². The van der Waals surface area contributed by atoms with Crippen molar-refractivity contribution in [1.82, 2.24) is 19.4 Å². The third-order valence-corrected chi connectivity index (χ3v) is 5.43. The van der Waals surface area contributed by atoms with E-state index in [0.29, 0.717) is 5.41 Å². The number of hydrogen-bond acceptors (Lipinski definition) is 4. The lowest BCUT2D eigenvalue weighted by Gasteiger charge is -2.46. The van der Waals surface area contributed by atoms with Gasteiger partial charge in [-0.3, -0.25) is 4.90 Å². The van der Waals surface area contributed by atoms with Crippen LogP contribution in [0.2, 0.25) is 0 Å². The van der Waals surface area contributed by atoms with Crippen LogP contribution in [-0.4, -0.2) is 32.5 Å². The number of likely N-dealkylation sites (tertiary alicyclic amines) is 1. The molecule has 4 rings (SSSR count). The van der Waals surface area contributed by atoms with E-state index in [4.69, 9.17) is 0 Å². The number of aryl methyl sites for hydroxylation is 2. The molecule has 3 heterocycles. The second-order valence-electron chi connectivity index (χ2n) is 8.53. The van der Waals surface area contributed by atoms with E-state index in [1.54, 1.807) is 0 Å². The zero-order valence-corrected chi connectivity index (χ0v) is 16.8. The highest BCUT2D eigenvalue weighted by Crippen LogP contribution is 2.30. The second kappa shape index (κ2) is 6.97. The van der Waals surface area contributed by atoms with Crippen LogP contribution < -0.4 is 5.32 Å². The van der Waals surface area contributed by atoms with Gasteiger partial charge in [0.15, 0.2) is 0 Å². The van der Waals surface area contributed by atoms with Crippen LogP contribution in [0, 0.1) is 5.41 Å². The maximum Gasteiger partial charge on any atom is 0.128 e. The molecular formula is C22H29N5. The van der Waals surface area contributed by atoms with Crippen molar-refractivity contribution >= 4 is 16.9 Å². The van der Waals surface area contributed by atoms with E-state index in [2.05, 4.69) is 65.2 Å². The quantitative estimate of drug-likeness (QED) is 0.719. The highest BCUT2D eigenvalue weighted by molar-refractivity contribution is 5.77. The summed E-state index contributed by atoms with van der Waals surface area (Å²) in [5.74, 6) is 0.889. The molecule has 1 aliphatic heterocycles. The van der Waals surface area contributed by atoms with Crippen LogP contribution in [0.3, 0.4) is 0 Å². The number of benzene rings is 1. The summed E-state index contributed by atoms with van der Waals surface area (Å²) in [6, 6.07) is 8.99. The van der Waals surface area contributed by atoms with Crippen molar-refractivity contribution < 1.29 is 0 Å². The minimum atomic E-state index is 0.486. The molecule has 5 nitrogen and oxygen atoms in total. The topological polar surface area (TPSA) is 46.0 Å². The summed E-state index contributed by atoms with van der Waals surface area (Å²) < 4.78 is 2.02. The van der Waals surface area contributed by atoms with Crippen LogP contribution >= 0.6 is 0 Å². The fourth-order valence-corrected chi connectivity index (χ4v) is 4.13. The Labute approximate surface area is 161 Å². The number of imidazole rings is 1. The summed E-state index contributed by atoms with van der Waals surface area (Å²) in [6.45, 7) is 11.1. The van der Waals surface area contributed by atoms with Gasteiger partial charge in [-0.25, -0.2) is 9.97 Å². The summed E-state index contributed by atoms with van der Waals surface area (Å²) in [6.07, 6.45) is 4.70. The van der Waals surface area contributed by atoms with E-state index >= 15 is 0 Å². The van der Waals surface area contributed by atoms with Crippen molar-refractivity contribution in [3.05, 3.63) is 53.5 Å². The van der Waals surface area contributed by atoms with Gasteiger partial charge in [0.25, 0.3) is 0 Å². The summed E-state index contributed by atoms with van der Waals surface area (Å²) in [5, 5.41) is 3.48. The standard InChI is InChI=1S/C22H29N5/c1-5-17-8-16(12-27-13-22(2,3)14-27)6-7-18(17)10-23-21-9-20-19(11-24-21)25-15-26(20)4/h6-9,11,15H,5,10,12-14H2,1-4H3,(H,23,24). The van der Waals surface area contributed by atoms with Crippen molar-refractivity contribution in [1.29, 1.82) is 0 Å². The van der Waals surface area contributed by atoms with E-state index in [1.807, 2.05) is 24.1 Å². The van der Waals surface area contributed by atoms with Crippen LogP contribution in [0.5, 0.6) is 0 Å². The zero-order valence-electron chi connectivity index (χ0n) is 16.8. The molecule has 1 saturated heterocycles. The predicted molar refractivity (Wildman–Crippen MR) is 111 cm³/mol. The zero-order chi connectivity index (χ0) is 19.0. The summed E-state index contributed by atoms with van der Waals surface area (Å²) >= 11 is 0. The molecule has 0 aliphatic carbocycles. The van der Waals surface area contributed by atoms with Gasteiger partial charge in [-0.05, 0) is 28.5 Å². The Bertz CT molecular complexity index is 948. The fraction of sp³-hybridized carbons (Fsp3) is 0.455. The Morgan fingerprint density at radius 2 is 1.93 bits per heavy atom. The Kier molecular flexibility index (Phi) is 4.64. The number of pyridine rings is 1. The van der Waals surface area contributed by atoms with E-state index < -0.39 is 0 Å². The summed E-state index contributed by atoms with van der Waals surface area (Å²) in [5.41, 5.74) is 6.69. The van der Waals surface area contributed by atoms with Gasteiger partial charge in [-0.2, -0.15) is 0 Å². The van der Waals surface area contributed by atoms with E-state index in [9.17, 15) is 0 Å². The average molecular weight is 364 g/mol. The first kappa shape index (κ1) is 18.0. The summed E-state index contributed by atoms with van der Waals surface area (Å²) in [7, 11) is 2.01. The van der Waals surface area contributed by atoms with Gasteiger partial charge in [-0.1, -0.05) is 39.0 Å². The first-order valence-corrected chi connectivity index (χ1v) is 9.77. The minimum absolute atomic E-state index is 0.486. The molecule has 0 atom stereocenters. The molecule has 1 fully saturated rings. The molecule has 1 aliphatic rings. The Balaban J connectivity index is 1.44. The third-order valence-electron chi connectivity index (χ3n) is 5.43. The molecule has 0 unspecified atom stereocenters. The molecule has 27 heavy (non-hydrogen) atoms. The Hall–Kier alpha value is -2.40. The van der Waals surface area contributed by atoms with Gasteiger partial charge in [-0.15, -0.1) is 0 Å². The van der Waals surface area contributed by atoms with Gasteiger partial charge < -0.3 is 9.88 Å². The molecular weight excluding hydrogens is 334 g/mol. The van der Waals surface area contributed by atoms with Crippen molar-refractivity contribution in [3.8, 4) is 0 Å². The van der Waals surface area contributed by atoms with Gasteiger partial charge >= 0.3 is 0 Å². The van der Waals surface area contributed by atoms with Gasteiger partial charge in [0.2, 0.25) is 0 Å². The number of hydrogen-bond donors (Lipinski definition) is 1. The first-order valence-electron chi connectivity index (χ1n) is 9.77. The molecule has 1 aromatic carbocycles. The maximum absolute atomic E-state index is 4.49. The molecule has 0 bridgehead atoms. The molecule has 0 saturated carbocycles. The molecule has 0 radical (unpaired) electrons. The van der Waals surface area contributed by atoms with Crippen molar-refractivity contribution in [3.63, 3.8) is 0 Å². The number of nitrogens with zero attached hydrogens (tertiary/aromatic N) is 4. The predicted octanol–water partition coefficient (Wildman–Crippen LogP) is 3.98. The maximum atomic E-state index is 4.49. The largest absolute Gasteiger partial charge is 0.366 e. The first-order chi connectivity index (χ1) is 12.9. The van der Waals surface area contributed by atoms with Crippen LogP contribution in [-0.2, 0) is 26.6 Å². The molecule has 2 aromatic heterocycles. The third kappa shape index (κ3) is 3.83. The molecule has 0 spiro atoms. The molecule has 0 amide bonds. The average Bonchev–Trinajstić information content (AvgIpc) is 2.99. The van der Waals surface area contributed by atoms with Gasteiger partial charge in [0, 0.05) is 39.3 Å². The lowest BCUT2D eigenvalue weighted by molar-refractivity contribution is 0.0242. The Morgan fingerprint density at radius 3 is 2.67 bits per heavy atom. The van der Waals surface area contributed by atoms with Gasteiger partial charge in [0.1, 0.15) is 11.3 Å². The monoisotopic (exact) mass is 363 g/mol. The number of rotatable bonds is 6. The van der Waals surface area contributed by atoms with Gasteiger partial charge in [0.05, 0.1) is 18.0 Å². The van der Waals surface area contributed by atoms with Crippen molar-refractivity contribution in [2.45, 2.75) is 40.3 Å². The van der Waals surface area contributed by atoms with Crippen molar-refractivity contribution in [2.75, 3.05) is 18.4 Å². The highest BCUT2D eigenvalue weighted by atomic mass is 15.2. The lowest BCUT2D eigenvalue weighted by atomic mass is 9.84.